The van der Waals surface area contributed by atoms with Crippen LogP contribution in [-0.2, 0) is 20.8 Å². The van der Waals surface area contributed by atoms with Crippen LogP contribution in [0.1, 0.15) is 50.5 Å². The second-order valence-corrected chi connectivity index (χ2v) is 6.64. The molecule has 1 aliphatic carbocycles. The van der Waals surface area contributed by atoms with Gasteiger partial charge in [0, 0.05) is 12.1 Å². The number of rotatable bonds is 8. The van der Waals surface area contributed by atoms with Crippen molar-refractivity contribution in [2.24, 2.45) is 5.92 Å². The van der Waals surface area contributed by atoms with E-state index >= 15 is 0 Å². The highest BCUT2D eigenvalue weighted by Gasteiger charge is 2.15. The van der Waals surface area contributed by atoms with Crippen molar-refractivity contribution >= 4 is 23.5 Å². The molecule has 6 heteroatoms. The van der Waals surface area contributed by atoms with Gasteiger partial charge in [-0.15, -0.1) is 0 Å². The molecule has 3 N–H and O–H groups in total. The predicted octanol–water partition coefficient (Wildman–Crippen LogP) is 2.73. The number of carboxylic acids is 1. The van der Waals surface area contributed by atoms with E-state index in [1.165, 1.54) is 32.1 Å². The Morgan fingerprint density at radius 2 is 1.68 bits per heavy atom. The molecule has 0 saturated heterocycles. The molecule has 2 rings (SSSR count). The van der Waals surface area contributed by atoms with Gasteiger partial charge in [-0.25, -0.2) is 0 Å². The fraction of sp³-hybridized carbons (Fsp3) is 0.526. The molecule has 1 aromatic rings. The fourth-order valence-electron chi connectivity index (χ4n) is 3.16. The number of amides is 2. The van der Waals surface area contributed by atoms with E-state index in [9.17, 15) is 14.4 Å². The van der Waals surface area contributed by atoms with Crippen LogP contribution in [0, 0.1) is 5.92 Å². The topological polar surface area (TPSA) is 95.5 Å². The average Bonchev–Trinajstić information content (AvgIpc) is 2.61. The summed E-state index contributed by atoms with van der Waals surface area (Å²) in [6.07, 6.45) is 7.99. The number of carboxylic acid groups (broad SMARTS) is 1. The first-order chi connectivity index (χ1) is 12.0. The summed E-state index contributed by atoms with van der Waals surface area (Å²) < 4.78 is 0. The fourth-order valence-corrected chi connectivity index (χ4v) is 3.16. The number of hydrogen-bond acceptors (Lipinski definition) is 3. The molecular weight excluding hydrogens is 320 g/mol. The van der Waals surface area contributed by atoms with Crippen molar-refractivity contribution in [2.75, 3.05) is 11.9 Å². The van der Waals surface area contributed by atoms with Crippen molar-refractivity contribution in [3.63, 3.8) is 0 Å². The lowest BCUT2D eigenvalue weighted by molar-refractivity contribution is -0.137. The van der Waals surface area contributed by atoms with Crippen molar-refractivity contribution < 1.29 is 19.5 Å². The van der Waals surface area contributed by atoms with Gasteiger partial charge in [-0.2, -0.15) is 0 Å². The number of carbonyl (C=O) groups excluding carboxylic acids is 2. The van der Waals surface area contributed by atoms with E-state index < -0.39 is 5.97 Å². The minimum Gasteiger partial charge on any atom is -0.480 e. The molecule has 1 aromatic carbocycles. The Bertz CT molecular complexity index is 592. The molecule has 1 saturated carbocycles. The Labute approximate surface area is 148 Å². The zero-order chi connectivity index (χ0) is 18.1. The first-order valence-corrected chi connectivity index (χ1v) is 8.90. The van der Waals surface area contributed by atoms with Crippen molar-refractivity contribution in [3.8, 4) is 0 Å². The van der Waals surface area contributed by atoms with Gasteiger partial charge in [0.05, 0.1) is 6.42 Å². The lowest BCUT2D eigenvalue weighted by atomic mass is 9.86. The van der Waals surface area contributed by atoms with Gasteiger partial charge in [0.2, 0.25) is 11.8 Å². The van der Waals surface area contributed by atoms with Crippen LogP contribution < -0.4 is 10.6 Å². The van der Waals surface area contributed by atoms with Crippen LogP contribution in [0.4, 0.5) is 5.69 Å². The summed E-state index contributed by atoms with van der Waals surface area (Å²) in [5.41, 5.74) is 1.48. The number of hydrogen-bond donors (Lipinski definition) is 3. The van der Waals surface area contributed by atoms with Crippen LogP contribution in [0.2, 0.25) is 0 Å². The number of nitrogens with one attached hydrogen (secondary N) is 2. The molecule has 6 nitrogen and oxygen atoms in total. The Morgan fingerprint density at radius 3 is 2.32 bits per heavy atom. The summed E-state index contributed by atoms with van der Waals surface area (Å²) in [4.78, 5) is 34.0. The molecule has 0 unspecified atom stereocenters. The predicted molar refractivity (Wildman–Crippen MR) is 95.2 cm³/mol. The number of benzene rings is 1. The maximum atomic E-state index is 12.0. The molecular formula is C19H26N2O4. The minimum atomic E-state index is -1.07. The van der Waals surface area contributed by atoms with E-state index in [4.69, 9.17) is 5.11 Å². The Balaban J connectivity index is 1.72. The van der Waals surface area contributed by atoms with E-state index in [0.717, 1.165) is 12.0 Å². The van der Waals surface area contributed by atoms with Crippen molar-refractivity contribution in [1.29, 1.82) is 0 Å². The van der Waals surface area contributed by atoms with Crippen LogP contribution in [-0.4, -0.2) is 29.4 Å². The summed E-state index contributed by atoms with van der Waals surface area (Å²) >= 11 is 0. The molecule has 2 amide bonds. The molecule has 0 bridgehead atoms. The van der Waals surface area contributed by atoms with Crippen LogP contribution in [0.3, 0.4) is 0 Å². The third-order valence-corrected chi connectivity index (χ3v) is 4.54. The van der Waals surface area contributed by atoms with Gasteiger partial charge < -0.3 is 15.7 Å². The SMILES string of the molecule is O=C(O)CNC(=O)Cc1ccc(NC(=O)CCC2CCCCC2)cc1. The van der Waals surface area contributed by atoms with Crippen LogP contribution in [0.5, 0.6) is 0 Å². The normalized spacial score (nSPS) is 14.7. The quantitative estimate of drug-likeness (QED) is 0.674. The smallest absolute Gasteiger partial charge is 0.322 e. The zero-order valence-corrected chi connectivity index (χ0v) is 14.4. The lowest BCUT2D eigenvalue weighted by Gasteiger charge is -2.21. The van der Waals surface area contributed by atoms with Gasteiger partial charge in [-0.05, 0) is 30.0 Å². The highest BCUT2D eigenvalue weighted by Crippen LogP contribution is 2.27. The maximum Gasteiger partial charge on any atom is 0.322 e. The summed E-state index contributed by atoms with van der Waals surface area (Å²) in [7, 11) is 0. The summed E-state index contributed by atoms with van der Waals surface area (Å²) in [5.74, 6) is -0.699. The molecule has 0 aromatic heterocycles. The Hall–Kier alpha value is -2.37. The van der Waals surface area contributed by atoms with Crippen LogP contribution in [0.25, 0.3) is 0 Å². The number of anilines is 1. The zero-order valence-electron chi connectivity index (χ0n) is 14.4. The van der Waals surface area contributed by atoms with Gasteiger partial charge in [-0.1, -0.05) is 44.2 Å². The van der Waals surface area contributed by atoms with Gasteiger partial charge in [-0.3, -0.25) is 14.4 Å². The molecule has 136 valence electrons. The van der Waals surface area contributed by atoms with E-state index in [1.54, 1.807) is 24.3 Å². The summed E-state index contributed by atoms with van der Waals surface area (Å²) in [5, 5.41) is 13.7. The van der Waals surface area contributed by atoms with E-state index in [1.807, 2.05) is 0 Å². The maximum absolute atomic E-state index is 12.0. The van der Waals surface area contributed by atoms with Gasteiger partial charge in [0.15, 0.2) is 0 Å². The minimum absolute atomic E-state index is 0.0255. The second kappa shape index (κ2) is 9.81. The standard InChI is InChI=1S/C19H26N2O4/c22-17(11-8-14-4-2-1-3-5-14)21-16-9-6-15(7-10-16)12-18(23)20-13-19(24)25/h6-7,9-10,14H,1-5,8,11-13H2,(H,20,23)(H,21,22)(H,24,25). The molecule has 0 aliphatic heterocycles. The highest BCUT2D eigenvalue weighted by atomic mass is 16.4. The molecule has 1 aliphatic rings. The number of aliphatic carboxylic acids is 1. The van der Waals surface area contributed by atoms with Gasteiger partial charge in [0.25, 0.3) is 0 Å². The van der Waals surface area contributed by atoms with Crippen LogP contribution in [0.15, 0.2) is 24.3 Å². The third kappa shape index (κ3) is 7.37. The highest BCUT2D eigenvalue weighted by molar-refractivity contribution is 5.90. The monoisotopic (exact) mass is 346 g/mol. The molecule has 25 heavy (non-hydrogen) atoms. The first kappa shape index (κ1) is 19.0. The second-order valence-electron chi connectivity index (χ2n) is 6.64. The first-order valence-electron chi connectivity index (χ1n) is 8.90. The molecule has 0 spiro atoms. The van der Waals surface area contributed by atoms with Crippen LogP contribution >= 0.6 is 0 Å². The largest absolute Gasteiger partial charge is 0.480 e. The van der Waals surface area contributed by atoms with E-state index in [0.29, 0.717) is 18.0 Å². The van der Waals surface area contributed by atoms with E-state index in [2.05, 4.69) is 10.6 Å². The molecule has 0 atom stereocenters. The number of carbonyl (C=O) groups is 3. The third-order valence-electron chi connectivity index (χ3n) is 4.54. The Morgan fingerprint density at radius 1 is 1.00 bits per heavy atom. The van der Waals surface area contributed by atoms with Gasteiger partial charge >= 0.3 is 5.97 Å². The van der Waals surface area contributed by atoms with Crippen molar-refractivity contribution in [1.82, 2.24) is 5.32 Å². The molecule has 0 radical (unpaired) electrons. The Kier molecular flexibility index (Phi) is 7.44. The van der Waals surface area contributed by atoms with Gasteiger partial charge in [0.1, 0.15) is 6.54 Å². The summed E-state index contributed by atoms with van der Waals surface area (Å²) in [6.45, 7) is -0.381. The molecule has 0 heterocycles. The average molecular weight is 346 g/mol. The lowest BCUT2D eigenvalue weighted by Crippen LogP contribution is -2.30. The summed E-state index contributed by atoms with van der Waals surface area (Å²) in [6, 6.07) is 7.05. The van der Waals surface area contributed by atoms with Crippen molar-refractivity contribution in [2.45, 2.75) is 51.4 Å². The molecule has 1 fully saturated rings. The van der Waals surface area contributed by atoms with E-state index in [-0.39, 0.29) is 24.8 Å². The van der Waals surface area contributed by atoms with Crippen molar-refractivity contribution in [3.05, 3.63) is 29.8 Å².